The molecule has 0 saturated heterocycles. The van der Waals surface area contributed by atoms with Gasteiger partial charge in [-0.3, -0.25) is 4.98 Å². The SMILES string of the molecule is Cc1ccc(C)c2c(N)cc(C3CC3)nc12. The highest BCUT2D eigenvalue weighted by Gasteiger charge is 2.26. The second-order valence-electron chi connectivity index (χ2n) is 4.83. The summed E-state index contributed by atoms with van der Waals surface area (Å²) >= 11 is 0. The van der Waals surface area contributed by atoms with Crippen LogP contribution in [0.1, 0.15) is 35.6 Å². The Morgan fingerprint density at radius 3 is 2.56 bits per heavy atom. The van der Waals surface area contributed by atoms with Crippen molar-refractivity contribution in [3.63, 3.8) is 0 Å². The molecule has 0 unspecified atom stereocenters. The molecule has 1 aromatic heterocycles. The van der Waals surface area contributed by atoms with Crippen LogP contribution in [0.5, 0.6) is 0 Å². The highest BCUT2D eigenvalue weighted by atomic mass is 14.7. The van der Waals surface area contributed by atoms with Gasteiger partial charge in [0.2, 0.25) is 0 Å². The van der Waals surface area contributed by atoms with Crippen LogP contribution in [0.3, 0.4) is 0 Å². The molecule has 1 fully saturated rings. The fourth-order valence-corrected chi connectivity index (χ4v) is 2.29. The summed E-state index contributed by atoms with van der Waals surface area (Å²) in [6, 6.07) is 6.31. The molecule has 1 aromatic carbocycles. The lowest BCUT2D eigenvalue weighted by atomic mass is 10.0. The molecule has 2 heteroatoms. The van der Waals surface area contributed by atoms with Gasteiger partial charge >= 0.3 is 0 Å². The van der Waals surface area contributed by atoms with Crippen molar-refractivity contribution in [2.45, 2.75) is 32.6 Å². The molecule has 2 N–H and O–H groups in total. The van der Waals surface area contributed by atoms with E-state index in [1.54, 1.807) is 0 Å². The number of hydrogen-bond donors (Lipinski definition) is 1. The van der Waals surface area contributed by atoms with Gasteiger partial charge in [0.1, 0.15) is 0 Å². The lowest BCUT2D eigenvalue weighted by molar-refractivity contribution is 1.04. The van der Waals surface area contributed by atoms with Gasteiger partial charge < -0.3 is 5.73 Å². The van der Waals surface area contributed by atoms with Crippen molar-refractivity contribution >= 4 is 16.6 Å². The van der Waals surface area contributed by atoms with E-state index >= 15 is 0 Å². The average Bonchev–Trinajstić information content (AvgIpc) is 3.06. The van der Waals surface area contributed by atoms with Crippen LogP contribution in [-0.4, -0.2) is 4.98 Å². The lowest BCUT2D eigenvalue weighted by Crippen LogP contribution is -1.97. The van der Waals surface area contributed by atoms with Gasteiger partial charge in [-0.1, -0.05) is 12.1 Å². The van der Waals surface area contributed by atoms with Crippen molar-refractivity contribution in [1.82, 2.24) is 4.98 Å². The fourth-order valence-electron chi connectivity index (χ4n) is 2.29. The number of anilines is 1. The number of rotatable bonds is 1. The quantitative estimate of drug-likeness (QED) is 0.787. The van der Waals surface area contributed by atoms with E-state index in [9.17, 15) is 0 Å². The summed E-state index contributed by atoms with van der Waals surface area (Å²) in [6.07, 6.45) is 2.53. The summed E-state index contributed by atoms with van der Waals surface area (Å²) in [7, 11) is 0. The van der Waals surface area contributed by atoms with Gasteiger partial charge in [-0.15, -0.1) is 0 Å². The van der Waals surface area contributed by atoms with Crippen molar-refractivity contribution in [3.8, 4) is 0 Å². The fraction of sp³-hybridized carbons (Fsp3) is 0.357. The highest BCUT2D eigenvalue weighted by molar-refractivity contribution is 5.95. The standard InChI is InChI=1S/C14H16N2/c1-8-3-4-9(2)14-13(8)11(15)7-12(16-14)10-5-6-10/h3-4,7,10H,5-6H2,1-2H3,(H2,15,16). The van der Waals surface area contributed by atoms with E-state index < -0.39 is 0 Å². The van der Waals surface area contributed by atoms with Gasteiger partial charge in [0, 0.05) is 22.7 Å². The summed E-state index contributed by atoms with van der Waals surface area (Å²) in [5.74, 6) is 0.659. The van der Waals surface area contributed by atoms with E-state index in [0.29, 0.717) is 5.92 Å². The summed E-state index contributed by atoms with van der Waals surface area (Å²) in [5, 5.41) is 1.13. The van der Waals surface area contributed by atoms with Gasteiger partial charge in [-0.2, -0.15) is 0 Å². The number of nitrogen functional groups attached to an aromatic ring is 1. The largest absolute Gasteiger partial charge is 0.398 e. The van der Waals surface area contributed by atoms with E-state index in [-0.39, 0.29) is 0 Å². The Bertz CT molecular complexity index is 568. The molecule has 82 valence electrons. The van der Waals surface area contributed by atoms with Gasteiger partial charge in [-0.25, -0.2) is 0 Å². The third kappa shape index (κ3) is 1.37. The number of hydrogen-bond acceptors (Lipinski definition) is 2. The van der Waals surface area contributed by atoms with E-state index in [1.165, 1.54) is 29.7 Å². The molecule has 0 atom stereocenters. The van der Waals surface area contributed by atoms with Gasteiger partial charge in [0.15, 0.2) is 0 Å². The van der Waals surface area contributed by atoms with Crippen LogP contribution in [0.25, 0.3) is 10.9 Å². The topological polar surface area (TPSA) is 38.9 Å². The maximum atomic E-state index is 6.15. The molecule has 1 aliphatic rings. The summed E-state index contributed by atoms with van der Waals surface area (Å²) in [6.45, 7) is 4.20. The Morgan fingerprint density at radius 1 is 1.19 bits per heavy atom. The van der Waals surface area contributed by atoms with Crippen LogP contribution in [0.15, 0.2) is 18.2 Å². The molecule has 0 amide bonds. The zero-order valence-electron chi connectivity index (χ0n) is 9.75. The second-order valence-corrected chi connectivity index (χ2v) is 4.83. The molecule has 0 spiro atoms. The molecule has 3 rings (SSSR count). The molecular weight excluding hydrogens is 196 g/mol. The number of aromatic nitrogens is 1. The minimum absolute atomic E-state index is 0.659. The van der Waals surface area contributed by atoms with E-state index in [1.807, 2.05) is 0 Å². The smallest absolute Gasteiger partial charge is 0.0757 e. The first-order chi connectivity index (χ1) is 7.66. The zero-order valence-corrected chi connectivity index (χ0v) is 9.75. The molecule has 16 heavy (non-hydrogen) atoms. The number of nitrogens with two attached hydrogens (primary N) is 1. The van der Waals surface area contributed by atoms with Crippen LogP contribution < -0.4 is 5.73 Å². The Hall–Kier alpha value is -1.57. The van der Waals surface area contributed by atoms with Crippen molar-refractivity contribution in [2.75, 3.05) is 5.73 Å². The van der Waals surface area contributed by atoms with Crippen LogP contribution in [0.2, 0.25) is 0 Å². The summed E-state index contributed by atoms with van der Waals surface area (Å²) < 4.78 is 0. The molecular formula is C14H16N2. The Labute approximate surface area is 95.5 Å². The second kappa shape index (κ2) is 3.21. The first kappa shape index (κ1) is 9.64. The van der Waals surface area contributed by atoms with E-state index in [2.05, 4.69) is 32.0 Å². The van der Waals surface area contributed by atoms with Crippen LogP contribution in [0.4, 0.5) is 5.69 Å². The molecule has 1 aliphatic carbocycles. The van der Waals surface area contributed by atoms with E-state index in [4.69, 9.17) is 10.7 Å². The minimum atomic E-state index is 0.659. The Morgan fingerprint density at radius 2 is 1.88 bits per heavy atom. The van der Waals surface area contributed by atoms with Crippen LogP contribution in [-0.2, 0) is 0 Å². The molecule has 0 bridgehead atoms. The van der Waals surface area contributed by atoms with Crippen LogP contribution >= 0.6 is 0 Å². The highest BCUT2D eigenvalue weighted by Crippen LogP contribution is 2.41. The van der Waals surface area contributed by atoms with Gasteiger partial charge in [0.25, 0.3) is 0 Å². The third-order valence-corrected chi connectivity index (χ3v) is 3.42. The number of aryl methyl sites for hydroxylation is 2. The molecule has 2 aromatic rings. The van der Waals surface area contributed by atoms with Crippen LogP contribution in [0, 0.1) is 13.8 Å². The maximum Gasteiger partial charge on any atom is 0.0757 e. The number of nitrogens with zero attached hydrogens (tertiary/aromatic N) is 1. The Kier molecular flexibility index (Phi) is 1.93. The van der Waals surface area contributed by atoms with Crippen molar-refractivity contribution in [3.05, 3.63) is 35.0 Å². The molecule has 2 nitrogen and oxygen atoms in total. The summed E-state index contributed by atoms with van der Waals surface area (Å²) in [4.78, 5) is 4.78. The Balaban J connectivity index is 2.36. The first-order valence-corrected chi connectivity index (χ1v) is 5.83. The number of pyridine rings is 1. The predicted octanol–water partition coefficient (Wildman–Crippen LogP) is 3.31. The monoisotopic (exact) mass is 212 g/mol. The minimum Gasteiger partial charge on any atom is -0.398 e. The van der Waals surface area contributed by atoms with Crippen molar-refractivity contribution in [2.24, 2.45) is 0 Å². The lowest BCUT2D eigenvalue weighted by Gasteiger charge is -2.10. The average molecular weight is 212 g/mol. The number of benzene rings is 1. The molecule has 1 heterocycles. The molecule has 0 radical (unpaired) electrons. The molecule has 0 aliphatic heterocycles. The summed E-state index contributed by atoms with van der Waals surface area (Å²) in [5.41, 5.74) is 11.7. The number of fused-ring (bicyclic) bond motifs is 1. The van der Waals surface area contributed by atoms with Gasteiger partial charge in [0.05, 0.1) is 5.52 Å². The first-order valence-electron chi connectivity index (χ1n) is 5.83. The normalized spacial score (nSPS) is 15.6. The zero-order chi connectivity index (χ0) is 11.3. The molecule has 1 saturated carbocycles. The van der Waals surface area contributed by atoms with Gasteiger partial charge in [-0.05, 0) is 43.9 Å². The van der Waals surface area contributed by atoms with Crippen molar-refractivity contribution in [1.29, 1.82) is 0 Å². The third-order valence-electron chi connectivity index (χ3n) is 3.42. The predicted molar refractivity (Wildman–Crippen MR) is 67.6 cm³/mol. The van der Waals surface area contributed by atoms with Crippen molar-refractivity contribution < 1.29 is 0 Å². The maximum absolute atomic E-state index is 6.15. The van der Waals surface area contributed by atoms with E-state index in [0.717, 1.165) is 16.6 Å².